The quantitative estimate of drug-likeness (QED) is 0.681. The van der Waals surface area contributed by atoms with Crippen molar-refractivity contribution in [1.29, 1.82) is 0 Å². The Morgan fingerprint density at radius 2 is 2.05 bits per heavy atom. The van der Waals surface area contributed by atoms with Gasteiger partial charge in [0.05, 0.1) is 18.7 Å². The van der Waals surface area contributed by atoms with Gasteiger partial charge in [-0.25, -0.2) is 4.79 Å². The van der Waals surface area contributed by atoms with Crippen LogP contribution >= 0.6 is 0 Å². The molecule has 0 aliphatic carbocycles. The summed E-state index contributed by atoms with van der Waals surface area (Å²) in [6.07, 6.45) is 0. The van der Waals surface area contributed by atoms with Crippen LogP contribution in [0.2, 0.25) is 0 Å². The topological polar surface area (TPSA) is 61.4 Å². The number of hydrogen-bond donors (Lipinski definition) is 1. The van der Waals surface area contributed by atoms with Gasteiger partial charge in [0.1, 0.15) is 4.75 Å². The van der Waals surface area contributed by atoms with E-state index in [1.807, 2.05) is 33.8 Å². The second-order valence-corrected chi connectivity index (χ2v) is 7.34. The molecule has 0 aliphatic rings. The van der Waals surface area contributed by atoms with Gasteiger partial charge in [0.2, 0.25) is 0 Å². The number of nitrogens with one attached hydrogen (secondary N) is 1. The van der Waals surface area contributed by atoms with E-state index in [9.17, 15) is 9.35 Å². The summed E-state index contributed by atoms with van der Waals surface area (Å²) in [6.45, 7) is 7.65. The largest absolute Gasteiger partial charge is 0.598 e. The van der Waals surface area contributed by atoms with E-state index in [4.69, 9.17) is 0 Å². The van der Waals surface area contributed by atoms with Gasteiger partial charge in [-0.1, -0.05) is 12.1 Å². The molecule has 5 heteroatoms. The van der Waals surface area contributed by atoms with Crippen molar-refractivity contribution in [2.45, 2.75) is 38.5 Å². The van der Waals surface area contributed by atoms with Gasteiger partial charge in [-0.05, 0) is 45.4 Å². The van der Waals surface area contributed by atoms with E-state index in [0.717, 1.165) is 5.56 Å². The minimum absolute atomic E-state index is 0.107. The van der Waals surface area contributed by atoms with E-state index in [1.165, 1.54) is 7.11 Å². The molecule has 2 atom stereocenters. The number of benzene rings is 1. The number of ether oxygens (including phenoxy) is 1. The normalized spacial score (nSPS) is 14.8. The summed E-state index contributed by atoms with van der Waals surface area (Å²) in [4.78, 5) is 11.5. The zero-order valence-corrected chi connectivity index (χ0v) is 12.8. The van der Waals surface area contributed by atoms with Crippen molar-refractivity contribution in [3.8, 4) is 0 Å². The minimum Gasteiger partial charge on any atom is -0.598 e. The molecule has 1 aromatic carbocycles. The summed E-state index contributed by atoms with van der Waals surface area (Å²) in [5.74, 6) is -0.369. The van der Waals surface area contributed by atoms with Gasteiger partial charge in [0, 0.05) is 11.4 Å². The number of rotatable bonds is 4. The third kappa shape index (κ3) is 4.53. The summed E-state index contributed by atoms with van der Waals surface area (Å²) in [6, 6.07) is 7.03. The van der Waals surface area contributed by atoms with Gasteiger partial charge in [-0.2, -0.15) is 0 Å². The van der Waals surface area contributed by atoms with Crippen LogP contribution in [0.1, 0.15) is 49.7 Å². The molecule has 0 aromatic heterocycles. The Hall–Kier alpha value is -1.04. The second kappa shape index (κ2) is 6.41. The Balaban J connectivity index is 2.83. The van der Waals surface area contributed by atoms with Crippen molar-refractivity contribution < 1.29 is 14.1 Å². The third-order valence-corrected chi connectivity index (χ3v) is 4.33. The number of carbonyl (C=O) groups excluding carboxylic acids is 1. The molecule has 0 saturated heterocycles. The highest BCUT2D eigenvalue weighted by Crippen LogP contribution is 2.20. The molecule has 0 radical (unpaired) electrons. The second-order valence-electron chi connectivity index (χ2n) is 5.34. The molecule has 4 nitrogen and oxygen atoms in total. The fourth-order valence-electron chi connectivity index (χ4n) is 1.46. The van der Waals surface area contributed by atoms with Gasteiger partial charge in [0.25, 0.3) is 0 Å². The predicted molar refractivity (Wildman–Crippen MR) is 77.2 cm³/mol. The highest BCUT2D eigenvalue weighted by Gasteiger charge is 2.28. The molecule has 0 bridgehead atoms. The molecule has 0 unspecified atom stereocenters. The molecular weight excluding hydrogens is 262 g/mol. The molecule has 1 aromatic rings. The van der Waals surface area contributed by atoms with E-state index in [-0.39, 0.29) is 16.8 Å². The van der Waals surface area contributed by atoms with Crippen molar-refractivity contribution >= 4 is 17.3 Å². The maximum atomic E-state index is 12.0. The number of hydrogen-bond acceptors (Lipinski definition) is 4. The van der Waals surface area contributed by atoms with Crippen LogP contribution in [0.3, 0.4) is 0 Å². The Morgan fingerprint density at radius 1 is 1.42 bits per heavy atom. The highest BCUT2D eigenvalue weighted by atomic mass is 32.2. The summed E-state index contributed by atoms with van der Waals surface area (Å²) < 4.78 is 19.4. The summed E-state index contributed by atoms with van der Waals surface area (Å²) in [5.41, 5.74) is 1.40. The van der Waals surface area contributed by atoms with Crippen LogP contribution in [0.4, 0.5) is 0 Å². The molecule has 1 rings (SSSR count). The van der Waals surface area contributed by atoms with E-state index in [2.05, 4.69) is 9.46 Å². The molecule has 0 fully saturated rings. The average Bonchev–Trinajstić information content (AvgIpc) is 2.36. The minimum atomic E-state index is -1.15. The fraction of sp³-hybridized carbons (Fsp3) is 0.500. The SMILES string of the molecule is COC(=O)c1cccc([C@@H](C)N[S@@+]([O-])C(C)(C)C)c1. The van der Waals surface area contributed by atoms with Crippen LogP contribution in [-0.4, -0.2) is 22.4 Å². The van der Waals surface area contributed by atoms with E-state index in [1.54, 1.807) is 18.2 Å². The van der Waals surface area contributed by atoms with Gasteiger partial charge in [-0.15, -0.1) is 4.72 Å². The molecular formula is C14H21NO3S. The number of carbonyl (C=O) groups is 1. The summed E-state index contributed by atoms with van der Waals surface area (Å²) >= 11 is -1.15. The van der Waals surface area contributed by atoms with Gasteiger partial charge < -0.3 is 9.29 Å². The molecule has 0 amide bonds. The summed E-state index contributed by atoms with van der Waals surface area (Å²) in [5, 5.41) is 0. The molecule has 19 heavy (non-hydrogen) atoms. The Morgan fingerprint density at radius 3 is 2.58 bits per heavy atom. The number of esters is 1. The summed E-state index contributed by atoms with van der Waals surface area (Å²) in [7, 11) is 1.35. The van der Waals surface area contributed by atoms with Crippen molar-refractivity contribution in [2.75, 3.05) is 7.11 Å². The highest BCUT2D eigenvalue weighted by molar-refractivity contribution is 7.90. The van der Waals surface area contributed by atoms with E-state index >= 15 is 0 Å². The zero-order valence-electron chi connectivity index (χ0n) is 12.0. The fourth-order valence-corrected chi connectivity index (χ4v) is 2.27. The first-order valence-corrected chi connectivity index (χ1v) is 7.27. The van der Waals surface area contributed by atoms with Crippen molar-refractivity contribution in [2.24, 2.45) is 0 Å². The first-order valence-electron chi connectivity index (χ1n) is 6.12. The monoisotopic (exact) mass is 283 g/mol. The van der Waals surface area contributed by atoms with Gasteiger partial charge >= 0.3 is 5.97 Å². The Kier molecular flexibility index (Phi) is 5.40. The first kappa shape index (κ1) is 16.0. The Bertz CT molecular complexity index is 443. The van der Waals surface area contributed by atoms with E-state index in [0.29, 0.717) is 5.56 Å². The molecule has 0 saturated carbocycles. The predicted octanol–water partition coefficient (Wildman–Crippen LogP) is 2.59. The number of methoxy groups -OCH3 is 1. The van der Waals surface area contributed by atoms with Crippen LogP contribution in [-0.2, 0) is 16.1 Å². The Labute approximate surface area is 117 Å². The van der Waals surface area contributed by atoms with Crippen LogP contribution in [0.25, 0.3) is 0 Å². The van der Waals surface area contributed by atoms with Crippen LogP contribution in [0, 0.1) is 0 Å². The molecule has 1 N–H and O–H groups in total. The lowest BCUT2D eigenvalue weighted by molar-refractivity contribution is 0.0600. The third-order valence-electron chi connectivity index (χ3n) is 2.65. The first-order chi connectivity index (χ1) is 8.75. The smallest absolute Gasteiger partial charge is 0.337 e. The van der Waals surface area contributed by atoms with Crippen LogP contribution in [0.5, 0.6) is 0 Å². The lowest BCUT2D eigenvalue weighted by Crippen LogP contribution is -2.40. The standard InChI is InChI=1S/C14H21NO3S/c1-10(15-19(17)14(2,3)4)11-7-6-8-12(9-11)13(16)18-5/h6-10,15H,1-5H3/t10-,19+/m1/s1. The molecule has 0 heterocycles. The molecule has 106 valence electrons. The van der Waals surface area contributed by atoms with Crippen LogP contribution in [0.15, 0.2) is 24.3 Å². The molecule has 0 spiro atoms. The zero-order chi connectivity index (χ0) is 14.6. The lowest BCUT2D eigenvalue weighted by Gasteiger charge is -2.26. The molecule has 0 aliphatic heterocycles. The lowest BCUT2D eigenvalue weighted by atomic mass is 10.1. The van der Waals surface area contributed by atoms with E-state index < -0.39 is 11.4 Å². The van der Waals surface area contributed by atoms with Gasteiger partial charge in [0.15, 0.2) is 0 Å². The van der Waals surface area contributed by atoms with Crippen molar-refractivity contribution in [1.82, 2.24) is 4.72 Å². The van der Waals surface area contributed by atoms with Crippen molar-refractivity contribution in [3.63, 3.8) is 0 Å². The maximum Gasteiger partial charge on any atom is 0.337 e. The van der Waals surface area contributed by atoms with Crippen LogP contribution < -0.4 is 4.72 Å². The average molecular weight is 283 g/mol. The maximum absolute atomic E-state index is 12.0. The van der Waals surface area contributed by atoms with Crippen molar-refractivity contribution in [3.05, 3.63) is 35.4 Å². The van der Waals surface area contributed by atoms with Gasteiger partial charge in [-0.3, -0.25) is 0 Å².